The zero-order valence-electron chi connectivity index (χ0n) is 11.1. The number of carbonyl (C=O) groups is 1. The highest BCUT2D eigenvalue weighted by atomic mass is 16.4. The van der Waals surface area contributed by atoms with Gasteiger partial charge in [-0.2, -0.15) is 0 Å². The molecule has 0 aromatic carbocycles. The maximum atomic E-state index is 11.1. The van der Waals surface area contributed by atoms with Crippen molar-refractivity contribution in [2.24, 2.45) is 0 Å². The molecule has 1 aliphatic rings. The quantitative estimate of drug-likeness (QED) is 0.713. The number of carboxylic acid groups (broad SMARTS) is 1. The fourth-order valence-corrected chi connectivity index (χ4v) is 2.70. The van der Waals surface area contributed by atoms with Crippen molar-refractivity contribution in [1.29, 1.82) is 0 Å². The van der Waals surface area contributed by atoms with Crippen LogP contribution in [0.4, 0.5) is 0 Å². The van der Waals surface area contributed by atoms with Crippen molar-refractivity contribution in [2.75, 3.05) is 19.6 Å². The van der Waals surface area contributed by atoms with Crippen LogP contribution in [0.1, 0.15) is 46.0 Å². The van der Waals surface area contributed by atoms with Gasteiger partial charge in [0.25, 0.3) is 0 Å². The van der Waals surface area contributed by atoms with Crippen LogP contribution >= 0.6 is 0 Å². The summed E-state index contributed by atoms with van der Waals surface area (Å²) in [5.74, 6) is -0.714. The average molecular weight is 242 g/mol. The van der Waals surface area contributed by atoms with Crippen molar-refractivity contribution in [3.63, 3.8) is 0 Å². The van der Waals surface area contributed by atoms with E-state index in [0.29, 0.717) is 6.04 Å². The van der Waals surface area contributed by atoms with Gasteiger partial charge in [-0.3, -0.25) is 4.79 Å². The van der Waals surface area contributed by atoms with Crippen LogP contribution in [0.15, 0.2) is 0 Å². The van der Waals surface area contributed by atoms with Gasteiger partial charge in [0.05, 0.1) is 0 Å². The Morgan fingerprint density at radius 3 is 2.82 bits per heavy atom. The van der Waals surface area contributed by atoms with Crippen molar-refractivity contribution >= 4 is 5.97 Å². The molecule has 2 unspecified atom stereocenters. The van der Waals surface area contributed by atoms with E-state index in [1.165, 1.54) is 12.8 Å². The summed E-state index contributed by atoms with van der Waals surface area (Å²) < 4.78 is 0. The smallest absolute Gasteiger partial charge is 0.320 e. The molecule has 1 fully saturated rings. The molecule has 1 aliphatic heterocycles. The lowest BCUT2D eigenvalue weighted by Crippen LogP contribution is -2.47. The molecule has 1 rings (SSSR count). The molecule has 4 nitrogen and oxygen atoms in total. The predicted octanol–water partition coefficient (Wildman–Crippen LogP) is 1.70. The highest BCUT2D eigenvalue weighted by Crippen LogP contribution is 2.21. The molecule has 100 valence electrons. The summed E-state index contributed by atoms with van der Waals surface area (Å²) in [4.78, 5) is 13.6. The first kappa shape index (κ1) is 14.5. The number of hydrogen-bond acceptors (Lipinski definition) is 3. The summed E-state index contributed by atoms with van der Waals surface area (Å²) >= 11 is 0. The zero-order chi connectivity index (χ0) is 12.7. The minimum Gasteiger partial charge on any atom is -0.480 e. The van der Waals surface area contributed by atoms with Crippen LogP contribution in [-0.2, 0) is 4.79 Å². The van der Waals surface area contributed by atoms with Gasteiger partial charge in [0, 0.05) is 6.04 Å². The molecule has 0 aromatic heterocycles. The van der Waals surface area contributed by atoms with Crippen molar-refractivity contribution < 1.29 is 9.90 Å². The molecule has 1 heterocycles. The Kier molecular flexibility index (Phi) is 6.52. The summed E-state index contributed by atoms with van der Waals surface area (Å²) in [5.41, 5.74) is 0. The Labute approximate surface area is 104 Å². The highest BCUT2D eigenvalue weighted by molar-refractivity contribution is 5.73. The molecule has 0 bridgehead atoms. The Morgan fingerprint density at radius 2 is 2.24 bits per heavy atom. The van der Waals surface area contributed by atoms with Crippen LogP contribution in [0.5, 0.6) is 0 Å². The minimum absolute atomic E-state index is 0.387. The van der Waals surface area contributed by atoms with Crippen molar-refractivity contribution in [3.8, 4) is 0 Å². The number of rotatable bonds is 7. The zero-order valence-corrected chi connectivity index (χ0v) is 11.1. The Bertz CT molecular complexity index is 231. The molecule has 2 atom stereocenters. The summed E-state index contributed by atoms with van der Waals surface area (Å²) in [5, 5.41) is 12.2. The van der Waals surface area contributed by atoms with Gasteiger partial charge in [0.1, 0.15) is 6.04 Å². The lowest BCUT2D eigenvalue weighted by atomic mass is 9.95. The van der Waals surface area contributed by atoms with Gasteiger partial charge < -0.3 is 15.3 Å². The maximum absolute atomic E-state index is 11.1. The number of hydrogen-bond donors (Lipinski definition) is 2. The molecular formula is C13H26N2O2. The first-order valence-electron chi connectivity index (χ1n) is 6.89. The number of likely N-dealkylation sites (tertiary alicyclic amines) is 1. The van der Waals surface area contributed by atoms with E-state index in [-0.39, 0.29) is 6.04 Å². The topological polar surface area (TPSA) is 52.6 Å². The van der Waals surface area contributed by atoms with E-state index in [2.05, 4.69) is 17.1 Å². The minimum atomic E-state index is -0.714. The molecule has 0 saturated carbocycles. The van der Waals surface area contributed by atoms with Crippen LogP contribution in [0.2, 0.25) is 0 Å². The Balaban J connectivity index is 2.52. The normalized spacial score (nSPS) is 23.5. The summed E-state index contributed by atoms with van der Waals surface area (Å²) in [6.07, 6.45) is 5.53. The van der Waals surface area contributed by atoms with Crippen LogP contribution in [0.25, 0.3) is 0 Å². The molecule has 2 N–H and O–H groups in total. The first-order chi connectivity index (χ1) is 8.19. The number of aliphatic carboxylic acids is 1. The summed E-state index contributed by atoms with van der Waals surface area (Å²) in [6, 6.07) is 0.0614. The van der Waals surface area contributed by atoms with Crippen LogP contribution < -0.4 is 5.32 Å². The summed E-state index contributed by atoms with van der Waals surface area (Å²) in [6.45, 7) is 7.10. The Morgan fingerprint density at radius 1 is 1.47 bits per heavy atom. The third kappa shape index (κ3) is 4.64. The standard InChI is InChI=1S/C13H26N2O2/c1-3-8-15-9-6-5-7-11(15)10-12(13(16)17)14-4-2/h11-12,14H,3-10H2,1-2H3,(H,16,17). The first-order valence-corrected chi connectivity index (χ1v) is 6.89. The molecule has 0 amide bonds. The van der Waals surface area contributed by atoms with E-state index in [9.17, 15) is 9.90 Å². The third-order valence-electron chi connectivity index (χ3n) is 3.52. The second-order valence-corrected chi connectivity index (χ2v) is 4.87. The third-order valence-corrected chi connectivity index (χ3v) is 3.52. The lowest BCUT2D eigenvalue weighted by Gasteiger charge is -2.36. The SMILES string of the molecule is CCCN1CCCCC1CC(NCC)C(=O)O. The van der Waals surface area contributed by atoms with Gasteiger partial charge in [-0.25, -0.2) is 0 Å². The fraction of sp³-hybridized carbons (Fsp3) is 0.923. The number of nitrogens with one attached hydrogen (secondary N) is 1. The Hall–Kier alpha value is -0.610. The number of nitrogens with zero attached hydrogens (tertiary/aromatic N) is 1. The molecule has 4 heteroatoms. The molecular weight excluding hydrogens is 216 g/mol. The summed E-state index contributed by atoms with van der Waals surface area (Å²) in [7, 11) is 0. The number of likely N-dealkylation sites (N-methyl/N-ethyl adjacent to an activating group) is 1. The van der Waals surface area contributed by atoms with E-state index in [1.807, 2.05) is 6.92 Å². The van der Waals surface area contributed by atoms with Crippen LogP contribution in [-0.4, -0.2) is 47.7 Å². The van der Waals surface area contributed by atoms with Gasteiger partial charge in [0.2, 0.25) is 0 Å². The second-order valence-electron chi connectivity index (χ2n) is 4.87. The fourth-order valence-electron chi connectivity index (χ4n) is 2.70. The molecule has 17 heavy (non-hydrogen) atoms. The van der Waals surface area contributed by atoms with Crippen LogP contribution in [0.3, 0.4) is 0 Å². The van der Waals surface area contributed by atoms with Gasteiger partial charge >= 0.3 is 5.97 Å². The molecule has 0 aromatic rings. The maximum Gasteiger partial charge on any atom is 0.320 e. The van der Waals surface area contributed by atoms with Gasteiger partial charge in [-0.05, 0) is 45.3 Å². The average Bonchev–Trinajstić information content (AvgIpc) is 2.31. The van der Waals surface area contributed by atoms with E-state index < -0.39 is 5.97 Å². The van der Waals surface area contributed by atoms with Gasteiger partial charge in [-0.15, -0.1) is 0 Å². The largest absolute Gasteiger partial charge is 0.480 e. The van der Waals surface area contributed by atoms with E-state index in [4.69, 9.17) is 0 Å². The predicted molar refractivity (Wildman–Crippen MR) is 69.2 cm³/mol. The molecule has 0 radical (unpaired) electrons. The van der Waals surface area contributed by atoms with Gasteiger partial charge in [-0.1, -0.05) is 20.3 Å². The highest BCUT2D eigenvalue weighted by Gasteiger charge is 2.27. The molecule has 0 spiro atoms. The second kappa shape index (κ2) is 7.67. The molecule has 0 aliphatic carbocycles. The monoisotopic (exact) mass is 242 g/mol. The number of piperidine rings is 1. The van der Waals surface area contributed by atoms with Crippen molar-refractivity contribution in [1.82, 2.24) is 10.2 Å². The van der Waals surface area contributed by atoms with Crippen molar-refractivity contribution in [3.05, 3.63) is 0 Å². The lowest BCUT2D eigenvalue weighted by molar-refractivity contribution is -0.140. The van der Waals surface area contributed by atoms with E-state index in [0.717, 1.165) is 38.9 Å². The van der Waals surface area contributed by atoms with Gasteiger partial charge in [0.15, 0.2) is 0 Å². The number of carboxylic acids is 1. The van der Waals surface area contributed by atoms with E-state index >= 15 is 0 Å². The van der Waals surface area contributed by atoms with E-state index in [1.54, 1.807) is 0 Å². The van der Waals surface area contributed by atoms with Crippen molar-refractivity contribution in [2.45, 2.75) is 58.0 Å². The van der Waals surface area contributed by atoms with Crippen LogP contribution in [0, 0.1) is 0 Å². The molecule has 1 saturated heterocycles.